The zero-order valence-electron chi connectivity index (χ0n) is 10.7. The molecule has 0 heterocycles. The van der Waals surface area contributed by atoms with E-state index in [2.05, 4.69) is 0 Å². The Morgan fingerprint density at radius 2 is 1.74 bits per heavy atom. The van der Waals surface area contributed by atoms with Gasteiger partial charge < -0.3 is 14.9 Å². The van der Waals surface area contributed by atoms with Crippen molar-refractivity contribution in [1.82, 2.24) is 0 Å². The molecule has 0 aromatic heterocycles. The van der Waals surface area contributed by atoms with E-state index in [1.807, 2.05) is 0 Å². The number of halogens is 1. The van der Waals surface area contributed by atoms with Crippen LogP contribution in [0.3, 0.4) is 0 Å². The quantitative estimate of drug-likeness (QED) is 0.894. The van der Waals surface area contributed by atoms with Crippen molar-refractivity contribution in [1.29, 1.82) is 0 Å². The summed E-state index contributed by atoms with van der Waals surface area (Å²) < 4.78 is 18.9. The van der Waals surface area contributed by atoms with E-state index in [0.29, 0.717) is 11.3 Å². The van der Waals surface area contributed by atoms with Gasteiger partial charge in [0, 0.05) is 11.6 Å². The predicted molar refractivity (Wildman–Crippen MR) is 69.7 cm³/mol. The maximum absolute atomic E-state index is 13.8. The molecule has 0 spiro atoms. The van der Waals surface area contributed by atoms with Crippen LogP contribution in [-0.2, 0) is 5.60 Å². The van der Waals surface area contributed by atoms with Crippen LogP contribution in [0.15, 0.2) is 42.5 Å². The molecule has 100 valence electrons. The van der Waals surface area contributed by atoms with E-state index in [0.717, 1.165) is 6.07 Å². The fourth-order valence-corrected chi connectivity index (χ4v) is 1.97. The van der Waals surface area contributed by atoms with E-state index in [1.165, 1.54) is 19.1 Å². The highest BCUT2D eigenvalue weighted by molar-refractivity contribution is 5.40. The van der Waals surface area contributed by atoms with E-state index in [9.17, 15) is 14.6 Å². The van der Waals surface area contributed by atoms with Gasteiger partial charge in [-0.25, -0.2) is 4.39 Å². The third-order valence-corrected chi connectivity index (χ3v) is 3.13. The Morgan fingerprint density at radius 1 is 1.11 bits per heavy atom. The molecule has 2 rings (SSSR count). The molecule has 0 unspecified atom stereocenters. The topological polar surface area (TPSA) is 49.7 Å². The van der Waals surface area contributed by atoms with Crippen molar-refractivity contribution in [2.75, 3.05) is 7.11 Å². The van der Waals surface area contributed by atoms with Gasteiger partial charge in [-0.15, -0.1) is 0 Å². The van der Waals surface area contributed by atoms with Gasteiger partial charge in [-0.2, -0.15) is 0 Å². The second kappa shape index (κ2) is 4.90. The molecule has 3 nitrogen and oxygen atoms in total. The molecule has 0 radical (unpaired) electrons. The summed E-state index contributed by atoms with van der Waals surface area (Å²) in [6.07, 6.45) is 0. The Balaban J connectivity index is 2.45. The Morgan fingerprint density at radius 3 is 2.26 bits per heavy atom. The third kappa shape index (κ3) is 2.53. The van der Waals surface area contributed by atoms with Crippen LogP contribution in [0.2, 0.25) is 0 Å². The van der Waals surface area contributed by atoms with Crippen LogP contribution < -0.4 is 4.74 Å². The van der Waals surface area contributed by atoms with E-state index in [1.54, 1.807) is 31.4 Å². The third-order valence-electron chi connectivity index (χ3n) is 3.13. The van der Waals surface area contributed by atoms with Gasteiger partial charge in [-0.05, 0) is 36.8 Å². The molecular weight excluding hydrogens is 247 g/mol. The second-order valence-corrected chi connectivity index (χ2v) is 4.46. The van der Waals surface area contributed by atoms with Crippen LogP contribution in [0.4, 0.5) is 4.39 Å². The van der Waals surface area contributed by atoms with Crippen molar-refractivity contribution in [3.8, 4) is 11.5 Å². The van der Waals surface area contributed by atoms with Crippen molar-refractivity contribution in [3.63, 3.8) is 0 Å². The SMILES string of the molecule is COc1ccc([C@](C)(O)c2ccc(O)cc2F)cc1. The summed E-state index contributed by atoms with van der Waals surface area (Å²) in [6.45, 7) is 1.50. The van der Waals surface area contributed by atoms with E-state index < -0.39 is 11.4 Å². The number of hydrogen-bond acceptors (Lipinski definition) is 3. The Labute approximate surface area is 110 Å². The molecule has 1 atom stereocenters. The van der Waals surface area contributed by atoms with Crippen LogP contribution in [0.5, 0.6) is 11.5 Å². The number of phenols is 1. The molecule has 0 aliphatic rings. The summed E-state index contributed by atoms with van der Waals surface area (Å²) in [5.74, 6) is -0.168. The smallest absolute Gasteiger partial charge is 0.133 e. The number of ether oxygens (including phenoxy) is 1. The lowest BCUT2D eigenvalue weighted by Gasteiger charge is -2.25. The average Bonchev–Trinajstić information content (AvgIpc) is 2.38. The molecule has 0 saturated heterocycles. The first-order valence-electron chi connectivity index (χ1n) is 5.81. The van der Waals surface area contributed by atoms with Gasteiger partial charge in [-0.1, -0.05) is 12.1 Å². The molecule has 0 fully saturated rings. The Kier molecular flexibility index (Phi) is 3.44. The number of benzene rings is 2. The maximum atomic E-state index is 13.8. The lowest BCUT2D eigenvalue weighted by atomic mass is 9.88. The van der Waals surface area contributed by atoms with Gasteiger partial charge >= 0.3 is 0 Å². The minimum atomic E-state index is -1.48. The minimum absolute atomic E-state index is 0.107. The zero-order valence-corrected chi connectivity index (χ0v) is 10.7. The van der Waals surface area contributed by atoms with Crippen molar-refractivity contribution in [3.05, 3.63) is 59.4 Å². The summed E-state index contributed by atoms with van der Waals surface area (Å²) in [5.41, 5.74) is -0.835. The molecule has 0 aliphatic carbocycles. The molecule has 2 aromatic rings. The van der Waals surface area contributed by atoms with Crippen molar-refractivity contribution >= 4 is 0 Å². The molecule has 0 amide bonds. The first kappa shape index (κ1) is 13.4. The van der Waals surface area contributed by atoms with Gasteiger partial charge in [0.05, 0.1) is 7.11 Å². The standard InChI is InChI=1S/C15H15FO3/c1-15(18,10-3-6-12(19-2)7-4-10)13-8-5-11(17)9-14(13)16/h3-9,17-18H,1-2H3/t15-/m0/s1. The number of aromatic hydroxyl groups is 1. The normalized spacial score (nSPS) is 13.9. The van der Waals surface area contributed by atoms with Crippen molar-refractivity contribution in [2.24, 2.45) is 0 Å². The lowest BCUT2D eigenvalue weighted by Crippen LogP contribution is -2.24. The van der Waals surface area contributed by atoms with Gasteiger partial charge in [0.1, 0.15) is 22.9 Å². The highest BCUT2D eigenvalue weighted by Gasteiger charge is 2.28. The molecule has 19 heavy (non-hydrogen) atoms. The number of phenolic OH excluding ortho intramolecular Hbond substituents is 1. The fraction of sp³-hybridized carbons (Fsp3) is 0.200. The van der Waals surface area contributed by atoms with E-state index in [4.69, 9.17) is 4.74 Å². The van der Waals surface area contributed by atoms with Gasteiger partial charge in [0.15, 0.2) is 0 Å². The molecule has 0 saturated carbocycles. The molecule has 0 bridgehead atoms. The highest BCUT2D eigenvalue weighted by Crippen LogP contribution is 2.33. The van der Waals surface area contributed by atoms with Crippen LogP contribution >= 0.6 is 0 Å². The summed E-state index contributed by atoms with van der Waals surface area (Å²) in [6, 6.07) is 10.4. The van der Waals surface area contributed by atoms with Crippen LogP contribution in [0, 0.1) is 5.82 Å². The summed E-state index contributed by atoms with van der Waals surface area (Å²) in [4.78, 5) is 0. The number of rotatable bonds is 3. The van der Waals surface area contributed by atoms with Crippen molar-refractivity contribution < 1.29 is 19.3 Å². The first-order chi connectivity index (χ1) is 8.95. The summed E-state index contributed by atoms with van der Waals surface area (Å²) in [5, 5.41) is 19.7. The van der Waals surface area contributed by atoms with Crippen LogP contribution in [-0.4, -0.2) is 17.3 Å². The zero-order chi connectivity index (χ0) is 14.0. The van der Waals surface area contributed by atoms with Gasteiger partial charge in [0.2, 0.25) is 0 Å². The number of aliphatic hydroxyl groups is 1. The Hall–Kier alpha value is -2.07. The van der Waals surface area contributed by atoms with E-state index >= 15 is 0 Å². The highest BCUT2D eigenvalue weighted by atomic mass is 19.1. The molecule has 4 heteroatoms. The van der Waals surface area contributed by atoms with Crippen LogP contribution in [0.25, 0.3) is 0 Å². The molecule has 2 aromatic carbocycles. The Bertz CT molecular complexity index is 576. The molecule has 2 N–H and O–H groups in total. The second-order valence-electron chi connectivity index (χ2n) is 4.46. The average molecular weight is 262 g/mol. The summed E-state index contributed by atoms with van der Waals surface area (Å²) >= 11 is 0. The van der Waals surface area contributed by atoms with E-state index in [-0.39, 0.29) is 11.3 Å². The fourth-order valence-electron chi connectivity index (χ4n) is 1.97. The lowest BCUT2D eigenvalue weighted by molar-refractivity contribution is 0.0978. The predicted octanol–water partition coefficient (Wildman–Crippen LogP) is 2.80. The minimum Gasteiger partial charge on any atom is -0.508 e. The monoisotopic (exact) mass is 262 g/mol. The molecular formula is C15H15FO3. The number of methoxy groups -OCH3 is 1. The number of hydrogen-bond donors (Lipinski definition) is 2. The van der Waals surface area contributed by atoms with Gasteiger partial charge in [-0.3, -0.25) is 0 Å². The maximum Gasteiger partial charge on any atom is 0.133 e. The first-order valence-corrected chi connectivity index (χ1v) is 5.81. The van der Waals surface area contributed by atoms with Gasteiger partial charge in [0.25, 0.3) is 0 Å². The summed E-state index contributed by atoms with van der Waals surface area (Å²) in [7, 11) is 1.55. The van der Waals surface area contributed by atoms with Crippen molar-refractivity contribution in [2.45, 2.75) is 12.5 Å². The molecule has 0 aliphatic heterocycles. The largest absolute Gasteiger partial charge is 0.508 e. The van der Waals surface area contributed by atoms with Crippen LogP contribution in [0.1, 0.15) is 18.1 Å².